The molecule has 0 fully saturated rings. The molecule has 0 aliphatic carbocycles. The molecule has 0 saturated heterocycles. The van der Waals surface area contributed by atoms with Crippen LogP contribution in [0.1, 0.15) is 11.1 Å². The van der Waals surface area contributed by atoms with Crippen LogP contribution in [0.5, 0.6) is 0 Å². The van der Waals surface area contributed by atoms with Gasteiger partial charge in [0.25, 0.3) is 0 Å². The molecule has 0 N–H and O–H groups in total. The summed E-state index contributed by atoms with van der Waals surface area (Å²) in [5.41, 5.74) is 1.97. The lowest BCUT2D eigenvalue weighted by Gasteiger charge is -1.93. The molecule has 1 aromatic rings. The Morgan fingerprint density at radius 2 is 1.29 bits per heavy atom. The molecular weight excluding hydrogens is 304 g/mol. The zero-order chi connectivity index (χ0) is 10.2. The van der Waals surface area contributed by atoms with Crippen molar-refractivity contribution < 1.29 is 0 Å². The van der Waals surface area contributed by atoms with Gasteiger partial charge in [0.2, 0.25) is 0 Å². The predicted octanol–water partition coefficient (Wildman–Crippen LogP) is 3.18. The second-order valence-electron chi connectivity index (χ2n) is 2.42. The highest BCUT2D eigenvalue weighted by Crippen LogP contribution is 2.05. The number of hydrogen-bond donors (Lipinski definition) is 0. The van der Waals surface area contributed by atoms with Crippen molar-refractivity contribution >= 4 is 31.9 Å². The van der Waals surface area contributed by atoms with Crippen molar-refractivity contribution in [1.82, 2.24) is 0 Å². The molecule has 0 unspecified atom stereocenters. The molecule has 0 aliphatic rings. The molecule has 0 bridgehead atoms. The van der Waals surface area contributed by atoms with Gasteiger partial charge in [-0.05, 0) is 12.1 Å². The molecular formula is C12H8Br2. The Hall–Kier alpha value is -0.700. The molecule has 0 aliphatic heterocycles. The van der Waals surface area contributed by atoms with Crippen molar-refractivity contribution in [2.24, 2.45) is 0 Å². The van der Waals surface area contributed by atoms with Crippen molar-refractivity contribution in [2.75, 3.05) is 10.7 Å². The van der Waals surface area contributed by atoms with Gasteiger partial charge in [0.05, 0.1) is 10.7 Å². The van der Waals surface area contributed by atoms with Gasteiger partial charge in [-0.15, -0.1) is 0 Å². The van der Waals surface area contributed by atoms with E-state index in [1.54, 1.807) is 0 Å². The third-order valence-electron chi connectivity index (χ3n) is 1.51. The Morgan fingerprint density at radius 1 is 0.857 bits per heavy atom. The summed E-state index contributed by atoms with van der Waals surface area (Å²) < 4.78 is 0. The summed E-state index contributed by atoms with van der Waals surface area (Å²) in [5, 5.41) is 1.38. The molecule has 0 radical (unpaired) electrons. The molecule has 0 atom stereocenters. The summed E-state index contributed by atoms with van der Waals surface area (Å²) in [6.45, 7) is 0. The molecule has 0 heterocycles. The second kappa shape index (κ2) is 6.71. The van der Waals surface area contributed by atoms with E-state index in [2.05, 4.69) is 55.5 Å². The van der Waals surface area contributed by atoms with E-state index in [1.807, 2.05) is 24.3 Å². The van der Waals surface area contributed by atoms with Crippen LogP contribution in [0.4, 0.5) is 0 Å². The van der Waals surface area contributed by atoms with Gasteiger partial charge in [-0.25, -0.2) is 0 Å². The number of rotatable bonds is 0. The Morgan fingerprint density at radius 3 is 1.64 bits per heavy atom. The Bertz CT molecular complexity index is 372. The Kier molecular flexibility index (Phi) is 5.45. The quantitative estimate of drug-likeness (QED) is 0.510. The zero-order valence-corrected chi connectivity index (χ0v) is 10.7. The van der Waals surface area contributed by atoms with Crippen LogP contribution in [0.2, 0.25) is 0 Å². The highest BCUT2D eigenvalue weighted by atomic mass is 79.9. The van der Waals surface area contributed by atoms with Crippen LogP contribution >= 0.6 is 31.9 Å². The largest absolute Gasteiger partial charge is 0.0863 e. The van der Waals surface area contributed by atoms with Crippen LogP contribution in [-0.4, -0.2) is 10.7 Å². The third-order valence-corrected chi connectivity index (χ3v) is 2.07. The highest BCUT2D eigenvalue weighted by molar-refractivity contribution is 9.09. The van der Waals surface area contributed by atoms with E-state index >= 15 is 0 Å². The van der Waals surface area contributed by atoms with Crippen molar-refractivity contribution in [3.63, 3.8) is 0 Å². The summed E-state index contributed by atoms with van der Waals surface area (Å²) in [4.78, 5) is 0. The first-order valence-corrected chi connectivity index (χ1v) is 6.31. The normalized spacial score (nSPS) is 8.14. The van der Waals surface area contributed by atoms with Gasteiger partial charge in [-0.1, -0.05) is 67.7 Å². The maximum atomic E-state index is 3.27. The van der Waals surface area contributed by atoms with E-state index in [-0.39, 0.29) is 0 Å². The van der Waals surface area contributed by atoms with Crippen LogP contribution in [-0.2, 0) is 0 Å². The average molecular weight is 312 g/mol. The summed E-state index contributed by atoms with van der Waals surface area (Å²) in [7, 11) is 0. The van der Waals surface area contributed by atoms with E-state index in [0.717, 1.165) is 11.1 Å². The van der Waals surface area contributed by atoms with Gasteiger partial charge in [0, 0.05) is 11.1 Å². The monoisotopic (exact) mass is 310 g/mol. The van der Waals surface area contributed by atoms with Crippen molar-refractivity contribution in [3.8, 4) is 23.7 Å². The van der Waals surface area contributed by atoms with E-state index in [4.69, 9.17) is 0 Å². The first-order chi connectivity index (χ1) is 6.88. The number of hydrogen-bond acceptors (Lipinski definition) is 0. The maximum absolute atomic E-state index is 3.27. The van der Waals surface area contributed by atoms with Crippen LogP contribution in [0.3, 0.4) is 0 Å². The topological polar surface area (TPSA) is 0 Å². The van der Waals surface area contributed by atoms with Gasteiger partial charge in [0.15, 0.2) is 0 Å². The summed E-state index contributed by atoms with van der Waals surface area (Å²) in [6.07, 6.45) is 0. The molecule has 1 rings (SSSR count). The second-order valence-corrected chi connectivity index (χ2v) is 3.54. The van der Waals surface area contributed by atoms with E-state index in [9.17, 15) is 0 Å². The fourth-order valence-corrected chi connectivity index (χ4v) is 1.24. The number of alkyl halides is 2. The van der Waals surface area contributed by atoms with Gasteiger partial charge < -0.3 is 0 Å². The molecule has 2 heteroatoms. The smallest absolute Gasteiger partial charge is 0.0649 e. The molecule has 1 aromatic carbocycles. The molecule has 0 saturated carbocycles. The first-order valence-electron chi connectivity index (χ1n) is 4.07. The Labute approximate surface area is 101 Å². The van der Waals surface area contributed by atoms with Crippen molar-refractivity contribution in [1.29, 1.82) is 0 Å². The van der Waals surface area contributed by atoms with Crippen molar-refractivity contribution in [2.45, 2.75) is 0 Å². The molecule has 70 valence electrons. The lowest BCUT2D eigenvalue weighted by molar-refractivity contribution is 1.58. The predicted molar refractivity (Wildman–Crippen MR) is 67.8 cm³/mol. The standard InChI is InChI=1S/C12H8Br2/c13-9-3-7-11-5-1-2-6-12(11)8-4-10-14/h1-2,5-6H,9-10H2. The maximum Gasteiger partial charge on any atom is 0.0649 e. The van der Waals surface area contributed by atoms with Crippen molar-refractivity contribution in [3.05, 3.63) is 35.4 Å². The van der Waals surface area contributed by atoms with E-state index in [1.165, 1.54) is 0 Å². The fourth-order valence-electron chi connectivity index (χ4n) is 0.958. The minimum absolute atomic E-state index is 0.688. The first kappa shape index (κ1) is 11.4. The lowest BCUT2D eigenvalue weighted by atomic mass is 10.1. The molecule has 0 spiro atoms. The molecule has 14 heavy (non-hydrogen) atoms. The minimum atomic E-state index is 0.688. The third kappa shape index (κ3) is 3.58. The number of halogens is 2. The van der Waals surface area contributed by atoms with Crippen LogP contribution in [0, 0.1) is 23.7 Å². The zero-order valence-electron chi connectivity index (χ0n) is 7.48. The molecule has 0 aromatic heterocycles. The highest BCUT2D eigenvalue weighted by Gasteiger charge is 1.92. The van der Waals surface area contributed by atoms with Gasteiger partial charge in [0.1, 0.15) is 0 Å². The van der Waals surface area contributed by atoms with Gasteiger partial charge in [-0.3, -0.25) is 0 Å². The lowest BCUT2D eigenvalue weighted by Crippen LogP contribution is -1.82. The Balaban J connectivity index is 3.03. The van der Waals surface area contributed by atoms with Crippen LogP contribution < -0.4 is 0 Å². The number of benzene rings is 1. The molecule has 0 amide bonds. The van der Waals surface area contributed by atoms with Gasteiger partial charge in [-0.2, -0.15) is 0 Å². The summed E-state index contributed by atoms with van der Waals surface area (Å²) in [5.74, 6) is 12.1. The summed E-state index contributed by atoms with van der Waals surface area (Å²) in [6, 6.07) is 7.90. The van der Waals surface area contributed by atoms with E-state index < -0.39 is 0 Å². The van der Waals surface area contributed by atoms with Gasteiger partial charge >= 0.3 is 0 Å². The fraction of sp³-hybridized carbons (Fsp3) is 0.167. The average Bonchev–Trinajstić information content (AvgIpc) is 2.24. The van der Waals surface area contributed by atoms with Crippen LogP contribution in [0.15, 0.2) is 24.3 Å². The SMILES string of the molecule is BrCC#Cc1ccccc1C#CCBr. The summed E-state index contributed by atoms with van der Waals surface area (Å²) >= 11 is 6.53. The van der Waals surface area contributed by atoms with E-state index in [0.29, 0.717) is 10.7 Å². The minimum Gasteiger partial charge on any atom is -0.0863 e. The van der Waals surface area contributed by atoms with Crippen LogP contribution in [0.25, 0.3) is 0 Å². The molecule has 0 nitrogen and oxygen atoms in total.